The van der Waals surface area contributed by atoms with E-state index >= 15 is 0 Å². The fourth-order valence-electron chi connectivity index (χ4n) is 1.69. The zero-order valence-corrected chi connectivity index (χ0v) is 10.9. The van der Waals surface area contributed by atoms with E-state index < -0.39 is 33.7 Å². The third-order valence-corrected chi connectivity index (χ3v) is 2.79. The molecule has 0 aromatic heterocycles. The van der Waals surface area contributed by atoms with Gasteiger partial charge < -0.3 is 5.32 Å². The van der Waals surface area contributed by atoms with Gasteiger partial charge in [-0.15, -0.1) is 0 Å². The molecular weight excluding hydrogens is 282 g/mol. The predicted molar refractivity (Wildman–Crippen MR) is 72.1 cm³/mol. The van der Waals surface area contributed by atoms with Gasteiger partial charge in [0.25, 0.3) is 5.91 Å². The van der Waals surface area contributed by atoms with Crippen molar-refractivity contribution in [1.82, 2.24) is 0 Å². The summed E-state index contributed by atoms with van der Waals surface area (Å²) < 4.78 is 27.1. The molecule has 0 saturated carbocycles. The minimum atomic E-state index is -1.27. The third kappa shape index (κ3) is 3.19. The first-order valence-corrected chi connectivity index (χ1v) is 5.90. The number of hydrogen-bond acceptors (Lipinski definition) is 3. The van der Waals surface area contributed by atoms with Crippen LogP contribution in [-0.4, -0.2) is 10.8 Å². The summed E-state index contributed by atoms with van der Waals surface area (Å²) in [6, 6.07) is 7.58. The van der Waals surface area contributed by atoms with Crippen molar-refractivity contribution in [2.45, 2.75) is 6.92 Å². The molecule has 0 atom stereocenters. The predicted octanol–water partition coefficient (Wildman–Crippen LogP) is 3.43. The molecule has 2 rings (SSSR count). The lowest BCUT2D eigenvalue weighted by Gasteiger charge is -2.07. The lowest BCUT2D eigenvalue weighted by atomic mass is 10.1. The second kappa shape index (κ2) is 5.66. The van der Waals surface area contributed by atoms with Crippen molar-refractivity contribution < 1.29 is 18.5 Å². The number of nitrogens with one attached hydrogen (secondary N) is 1. The van der Waals surface area contributed by atoms with Crippen molar-refractivity contribution in [3.63, 3.8) is 0 Å². The molecule has 0 spiro atoms. The SMILES string of the molecule is Cc1ccc(NC(=O)c2cc(F)c([N+](=O)[O-])cc2F)cc1. The monoisotopic (exact) mass is 292 g/mol. The number of benzene rings is 2. The van der Waals surface area contributed by atoms with Gasteiger partial charge in [0.05, 0.1) is 16.6 Å². The van der Waals surface area contributed by atoms with Crippen LogP contribution in [0.25, 0.3) is 0 Å². The minimum absolute atomic E-state index is 0.388. The Kier molecular flexibility index (Phi) is 3.93. The van der Waals surface area contributed by atoms with E-state index in [0.717, 1.165) is 5.56 Å². The van der Waals surface area contributed by atoms with Crippen molar-refractivity contribution in [2.24, 2.45) is 0 Å². The fraction of sp³-hybridized carbons (Fsp3) is 0.0714. The van der Waals surface area contributed by atoms with Gasteiger partial charge in [-0.2, -0.15) is 4.39 Å². The molecule has 2 aromatic rings. The van der Waals surface area contributed by atoms with Crippen molar-refractivity contribution >= 4 is 17.3 Å². The normalized spacial score (nSPS) is 10.2. The molecule has 1 N–H and O–H groups in total. The highest BCUT2D eigenvalue weighted by Gasteiger charge is 2.22. The molecule has 21 heavy (non-hydrogen) atoms. The van der Waals surface area contributed by atoms with Gasteiger partial charge in [0.2, 0.25) is 5.82 Å². The zero-order chi connectivity index (χ0) is 15.6. The third-order valence-electron chi connectivity index (χ3n) is 2.79. The molecule has 0 unspecified atom stereocenters. The van der Waals surface area contributed by atoms with E-state index in [4.69, 9.17) is 0 Å². The Hall–Kier alpha value is -2.83. The number of nitro groups is 1. The first kappa shape index (κ1) is 14.6. The quantitative estimate of drug-likeness (QED) is 0.695. The summed E-state index contributed by atoms with van der Waals surface area (Å²) in [4.78, 5) is 21.3. The summed E-state index contributed by atoms with van der Waals surface area (Å²) in [5, 5.41) is 12.9. The maximum Gasteiger partial charge on any atom is 0.307 e. The Balaban J connectivity index is 2.29. The maximum atomic E-state index is 13.7. The van der Waals surface area contributed by atoms with Crippen LogP contribution in [0.4, 0.5) is 20.2 Å². The first-order valence-electron chi connectivity index (χ1n) is 5.90. The van der Waals surface area contributed by atoms with Crippen molar-refractivity contribution in [3.05, 3.63) is 69.3 Å². The Morgan fingerprint density at radius 3 is 2.33 bits per heavy atom. The van der Waals surface area contributed by atoms with E-state index in [9.17, 15) is 23.7 Å². The molecule has 0 heterocycles. The van der Waals surface area contributed by atoms with Gasteiger partial charge in [-0.05, 0) is 25.1 Å². The van der Waals surface area contributed by atoms with Gasteiger partial charge in [0.1, 0.15) is 5.82 Å². The molecule has 1 amide bonds. The molecule has 0 radical (unpaired) electrons. The van der Waals surface area contributed by atoms with Crippen LogP contribution in [0, 0.1) is 28.7 Å². The standard InChI is InChI=1S/C14H10F2N2O3/c1-8-2-4-9(5-3-8)17-14(19)10-6-12(16)13(18(20)21)7-11(10)15/h2-7H,1H3,(H,17,19). The van der Waals surface area contributed by atoms with E-state index in [-0.39, 0.29) is 0 Å². The molecule has 7 heteroatoms. The van der Waals surface area contributed by atoms with Crippen LogP contribution < -0.4 is 5.32 Å². The molecule has 2 aromatic carbocycles. The van der Waals surface area contributed by atoms with E-state index in [0.29, 0.717) is 17.8 Å². The van der Waals surface area contributed by atoms with Gasteiger partial charge in [0.15, 0.2) is 0 Å². The second-order valence-corrected chi connectivity index (χ2v) is 4.36. The summed E-state index contributed by atoms with van der Waals surface area (Å²) in [5.74, 6) is -3.31. The molecular formula is C14H10F2N2O3. The smallest absolute Gasteiger partial charge is 0.307 e. The summed E-state index contributed by atoms with van der Waals surface area (Å²) in [6.07, 6.45) is 0. The van der Waals surface area contributed by atoms with Crippen LogP contribution in [0.5, 0.6) is 0 Å². The second-order valence-electron chi connectivity index (χ2n) is 4.36. The highest BCUT2D eigenvalue weighted by atomic mass is 19.1. The molecule has 0 bridgehead atoms. The zero-order valence-electron chi connectivity index (χ0n) is 10.9. The van der Waals surface area contributed by atoms with E-state index in [1.165, 1.54) is 0 Å². The van der Waals surface area contributed by atoms with Crippen LogP contribution >= 0.6 is 0 Å². The molecule has 0 aliphatic carbocycles. The highest BCUT2D eigenvalue weighted by molar-refractivity contribution is 6.04. The fourth-order valence-corrected chi connectivity index (χ4v) is 1.69. The number of halogens is 2. The molecule has 0 fully saturated rings. The number of amides is 1. The topological polar surface area (TPSA) is 72.2 Å². The van der Waals surface area contributed by atoms with Crippen LogP contribution in [-0.2, 0) is 0 Å². The Labute approximate surface area is 118 Å². The molecule has 0 saturated heterocycles. The summed E-state index contributed by atoms with van der Waals surface area (Å²) in [7, 11) is 0. The van der Waals surface area contributed by atoms with E-state index in [2.05, 4.69) is 5.32 Å². The number of hydrogen-bond donors (Lipinski definition) is 1. The van der Waals surface area contributed by atoms with Gasteiger partial charge in [-0.25, -0.2) is 4.39 Å². The van der Waals surface area contributed by atoms with Gasteiger partial charge in [-0.3, -0.25) is 14.9 Å². The van der Waals surface area contributed by atoms with Crippen LogP contribution in [0.2, 0.25) is 0 Å². The molecule has 108 valence electrons. The average molecular weight is 292 g/mol. The van der Waals surface area contributed by atoms with Crippen LogP contribution in [0.1, 0.15) is 15.9 Å². The lowest BCUT2D eigenvalue weighted by molar-refractivity contribution is -0.387. The molecule has 5 nitrogen and oxygen atoms in total. The maximum absolute atomic E-state index is 13.7. The summed E-state index contributed by atoms with van der Waals surface area (Å²) in [5.41, 5.74) is -0.234. The number of nitrogens with zero attached hydrogens (tertiary/aromatic N) is 1. The van der Waals surface area contributed by atoms with Crippen molar-refractivity contribution in [3.8, 4) is 0 Å². The van der Waals surface area contributed by atoms with E-state index in [1.807, 2.05) is 6.92 Å². The van der Waals surface area contributed by atoms with Crippen molar-refractivity contribution in [1.29, 1.82) is 0 Å². The molecule has 0 aliphatic rings. The number of carbonyl (C=O) groups is 1. The Bertz CT molecular complexity index is 715. The van der Waals surface area contributed by atoms with Crippen molar-refractivity contribution in [2.75, 3.05) is 5.32 Å². The average Bonchev–Trinajstić information content (AvgIpc) is 2.43. The number of rotatable bonds is 3. The van der Waals surface area contributed by atoms with Gasteiger partial charge in [-0.1, -0.05) is 17.7 Å². The van der Waals surface area contributed by atoms with Gasteiger partial charge >= 0.3 is 5.69 Å². The van der Waals surface area contributed by atoms with Crippen LogP contribution in [0.15, 0.2) is 36.4 Å². The Morgan fingerprint density at radius 1 is 1.14 bits per heavy atom. The van der Waals surface area contributed by atoms with E-state index in [1.54, 1.807) is 24.3 Å². The highest BCUT2D eigenvalue weighted by Crippen LogP contribution is 2.22. The number of anilines is 1. The summed E-state index contributed by atoms with van der Waals surface area (Å²) in [6.45, 7) is 1.86. The minimum Gasteiger partial charge on any atom is -0.322 e. The number of aryl methyl sites for hydroxylation is 1. The largest absolute Gasteiger partial charge is 0.322 e. The van der Waals surface area contributed by atoms with Crippen LogP contribution in [0.3, 0.4) is 0 Å². The van der Waals surface area contributed by atoms with Gasteiger partial charge in [0, 0.05) is 5.69 Å². The Morgan fingerprint density at radius 2 is 1.76 bits per heavy atom. The summed E-state index contributed by atoms with van der Waals surface area (Å²) >= 11 is 0. The number of nitro benzene ring substituents is 1. The first-order chi connectivity index (χ1) is 9.88. The molecule has 0 aliphatic heterocycles. The number of carbonyl (C=O) groups excluding carboxylic acids is 1. The lowest BCUT2D eigenvalue weighted by Crippen LogP contribution is -2.14.